The second kappa shape index (κ2) is 5.85. The Morgan fingerprint density at radius 2 is 2.25 bits per heavy atom. The molecule has 2 aromatic rings. The molecule has 0 aliphatic rings. The second-order valence-electron chi connectivity index (χ2n) is 4.83. The number of fused-ring (bicyclic) bond motifs is 1. The normalized spacial score (nSPS) is 11.0. The van der Waals surface area contributed by atoms with Crippen LogP contribution < -0.4 is 5.73 Å². The van der Waals surface area contributed by atoms with E-state index in [9.17, 15) is 4.79 Å². The Balaban J connectivity index is 2.48. The van der Waals surface area contributed by atoms with Crippen molar-refractivity contribution in [2.45, 2.75) is 19.9 Å². The van der Waals surface area contributed by atoms with E-state index < -0.39 is 0 Å². The maximum absolute atomic E-state index is 12.6. The van der Waals surface area contributed by atoms with Crippen molar-refractivity contribution in [3.8, 4) is 0 Å². The molecule has 0 unspecified atom stereocenters. The summed E-state index contributed by atoms with van der Waals surface area (Å²) in [5, 5.41) is 1.52. The third-order valence-corrected chi connectivity index (χ3v) is 4.49. The summed E-state index contributed by atoms with van der Waals surface area (Å²) >= 11 is 7.36. The first-order valence-electron chi connectivity index (χ1n) is 6.35. The van der Waals surface area contributed by atoms with Crippen LogP contribution in [0.2, 0.25) is 5.02 Å². The highest BCUT2D eigenvalue weighted by molar-refractivity contribution is 7.21. The number of anilines is 1. The molecule has 20 heavy (non-hydrogen) atoms. The van der Waals surface area contributed by atoms with Crippen LogP contribution in [0.4, 0.5) is 5.69 Å². The van der Waals surface area contributed by atoms with Gasteiger partial charge in [-0.2, -0.15) is 0 Å². The number of hydrogen-bond acceptors (Lipinski definition) is 3. The van der Waals surface area contributed by atoms with Crippen molar-refractivity contribution >= 4 is 44.6 Å². The third-order valence-electron chi connectivity index (χ3n) is 3.09. The van der Waals surface area contributed by atoms with Crippen molar-refractivity contribution in [1.82, 2.24) is 4.90 Å². The first-order valence-corrected chi connectivity index (χ1v) is 7.54. The molecule has 5 heteroatoms. The van der Waals surface area contributed by atoms with Crippen molar-refractivity contribution < 1.29 is 4.79 Å². The molecule has 1 amide bonds. The first-order chi connectivity index (χ1) is 9.45. The van der Waals surface area contributed by atoms with Crippen LogP contribution in [0.15, 0.2) is 30.9 Å². The Bertz CT molecular complexity index is 663. The molecule has 0 bridgehead atoms. The van der Waals surface area contributed by atoms with E-state index >= 15 is 0 Å². The minimum atomic E-state index is -0.0604. The van der Waals surface area contributed by atoms with E-state index in [4.69, 9.17) is 17.3 Å². The van der Waals surface area contributed by atoms with Crippen LogP contribution in [0.5, 0.6) is 0 Å². The zero-order valence-electron chi connectivity index (χ0n) is 11.5. The van der Waals surface area contributed by atoms with E-state index in [-0.39, 0.29) is 11.9 Å². The van der Waals surface area contributed by atoms with Gasteiger partial charge in [0.15, 0.2) is 0 Å². The van der Waals surface area contributed by atoms with Gasteiger partial charge in [0.05, 0.1) is 5.69 Å². The molecule has 0 aliphatic carbocycles. The number of rotatable bonds is 4. The summed E-state index contributed by atoms with van der Waals surface area (Å²) in [6.45, 7) is 8.15. The molecule has 106 valence electrons. The predicted octanol–water partition coefficient (Wildman–Crippen LogP) is 4.17. The Morgan fingerprint density at radius 3 is 2.85 bits per heavy atom. The van der Waals surface area contributed by atoms with Gasteiger partial charge in [-0.1, -0.05) is 17.7 Å². The molecule has 0 aliphatic heterocycles. The van der Waals surface area contributed by atoms with Crippen LogP contribution in [0, 0.1) is 0 Å². The van der Waals surface area contributed by atoms with Gasteiger partial charge in [-0.15, -0.1) is 17.9 Å². The van der Waals surface area contributed by atoms with Crippen molar-refractivity contribution in [3.63, 3.8) is 0 Å². The highest BCUT2D eigenvalue weighted by Crippen LogP contribution is 2.36. The van der Waals surface area contributed by atoms with Gasteiger partial charge in [0.25, 0.3) is 5.91 Å². The molecule has 0 spiro atoms. The molecule has 1 aromatic carbocycles. The number of thiophene rings is 1. The van der Waals surface area contributed by atoms with E-state index in [2.05, 4.69) is 6.58 Å². The molecule has 1 heterocycles. The maximum atomic E-state index is 12.6. The van der Waals surface area contributed by atoms with Gasteiger partial charge in [-0.05, 0) is 32.0 Å². The average Bonchev–Trinajstić information content (AvgIpc) is 2.71. The van der Waals surface area contributed by atoms with Crippen molar-refractivity contribution in [2.24, 2.45) is 0 Å². The summed E-state index contributed by atoms with van der Waals surface area (Å²) in [6.07, 6.45) is 1.72. The molecule has 2 rings (SSSR count). The van der Waals surface area contributed by atoms with Crippen LogP contribution in [-0.2, 0) is 0 Å². The van der Waals surface area contributed by atoms with Gasteiger partial charge in [0.1, 0.15) is 4.88 Å². The lowest BCUT2D eigenvalue weighted by atomic mass is 10.2. The number of hydrogen-bond donors (Lipinski definition) is 1. The molecule has 1 aromatic heterocycles. The molecule has 0 atom stereocenters. The predicted molar refractivity (Wildman–Crippen MR) is 87.6 cm³/mol. The van der Waals surface area contributed by atoms with E-state index in [0.717, 1.165) is 10.1 Å². The average molecular weight is 309 g/mol. The lowest BCUT2D eigenvalue weighted by Gasteiger charge is -2.24. The molecular weight excluding hydrogens is 292 g/mol. The maximum Gasteiger partial charge on any atom is 0.266 e. The first kappa shape index (κ1) is 14.9. The van der Waals surface area contributed by atoms with Crippen LogP contribution in [0.3, 0.4) is 0 Å². The van der Waals surface area contributed by atoms with E-state index in [1.54, 1.807) is 17.0 Å². The summed E-state index contributed by atoms with van der Waals surface area (Å²) in [7, 11) is 0. The monoisotopic (exact) mass is 308 g/mol. The standard InChI is InChI=1S/C15H17ClN2OS/c1-4-7-18(9(2)3)15(19)14-13(17)11-6-5-10(16)8-12(11)20-14/h4-6,8-9H,1,7,17H2,2-3H3. The number of carbonyl (C=O) groups is 1. The SMILES string of the molecule is C=CCN(C(=O)c1sc2cc(Cl)ccc2c1N)C(C)C. The summed E-state index contributed by atoms with van der Waals surface area (Å²) < 4.78 is 0.931. The summed E-state index contributed by atoms with van der Waals surface area (Å²) in [5.41, 5.74) is 6.65. The van der Waals surface area contributed by atoms with Crippen molar-refractivity contribution in [1.29, 1.82) is 0 Å². The fourth-order valence-electron chi connectivity index (χ4n) is 2.05. The lowest BCUT2D eigenvalue weighted by Crippen LogP contribution is -2.36. The van der Waals surface area contributed by atoms with Crippen LogP contribution >= 0.6 is 22.9 Å². The highest BCUT2D eigenvalue weighted by atomic mass is 35.5. The number of halogens is 1. The fourth-order valence-corrected chi connectivity index (χ4v) is 3.40. The number of carbonyl (C=O) groups excluding carboxylic acids is 1. The molecule has 3 nitrogen and oxygen atoms in total. The molecule has 0 saturated heterocycles. The molecule has 0 saturated carbocycles. The van der Waals surface area contributed by atoms with Gasteiger partial charge in [-0.3, -0.25) is 4.79 Å². The largest absolute Gasteiger partial charge is 0.397 e. The van der Waals surface area contributed by atoms with Crippen molar-refractivity contribution in [3.05, 3.63) is 40.8 Å². The summed E-state index contributed by atoms with van der Waals surface area (Å²) in [6, 6.07) is 5.56. The Hall–Kier alpha value is -1.52. The van der Waals surface area contributed by atoms with Crippen molar-refractivity contribution in [2.75, 3.05) is 12.3 Å². The van der Waals surface area contributed by atoms with E-state index in [1.165, 1.54) is 11.3 Å². The Labute approximate surface area is 127 Å². The number of nitrogens with zero attached hydrogens (tertiary/aromatic N) is 1. The third kappa shape index (κ3) is 2.67. The van der Waals surface area contributed by atoms with E-state index in [1.807, 2.05) is 26.0 Å². The van der Waals surface area contributed by atoms with Gasteiger partial charge >= 0.3 is 0 Å². The Kier molecular flexibility index (Phi) is 4.35. The number of nitrogens with two attached hydrogens (primary N) is 1. The zero-order chi connectivity index (χ0) is 14.9. The number of nitrogen functional groups attached to an aromatic ring is 1. The highest BCUT2D eigenvalue weighted by Gasteiger charge is 2.23. The van der Waals surface area contributed by atoms with Gasteiger partial charge in [-0.25, -0.2) is 0 Å². The van der Waals surface area contributed by atoms with Gasteiger partial charge < -0.3 is 10.6 Å². The molecule has 0 fully saturated rings. The quantitative estimate of drug-likeness (QED) is 0.862. The van der Waals surface area contributed by atoms with Crippen LogP contribution in [-0.4, -0.2) is 23.4 Å². The van der Waals surface area contributed by atoms with E-state index in [0.29, 0.717) is 22.1 Å². The lowest BCUT2D eigenvalue weighted by molar-refractivity contribution is 0.0735. The second-order valence-corrected chi connectivity index (χ2v) is 6.31. The number of benzene rings is 1. The van der Waals surface area contributed by atoms with Gasteiger partial charge in [0.2, 0.25) is 0 Å². The zero-order valence-corrected chi connectivity index (χ0v) is 13.1. The van der Waals surface area contributed by atoms with Crippen LogP contribution in [0.25, 0.3) is 10.1 Å². The Morgan fingerprint density at radius 1 is 1.55 bits per heavy atom. The summed E-state index contributed by atoms with van der Waals surface area (Å²) in [5.74, 6) is -0.0604. The topological polar surface area (TPSA) is 46.3 Å². The fraction of sp³-hybridized carbons (Fsp3) is 0.267. The number of amides is 1. The minimum Gasteiger partial charge on any atom is -0.397 e. The molecular formula is C15H17ClN2OS. The van der Waals surface area contributed by atoms with Crippen LogP contribution in [0.1, 0.15) is 23.5 Å². The molecule has 2 N–H and O–H groups in total. The van der Waals surface area contributed by atoms with Gasteiger partial charge in [0, 0.05) is 27.7 Å². The molecule has 0 radical (unpaired) electrons. The minimum absolute atomic E-state index is 0.0604. The summed E-state index contributed by atoms with van der Waals surface area (Å²) in [4.78, 5) is 14.9. The smallest absolute Gasteiger partial charge is 0.266 e.